The minimum absolute atomic E-state index is 0.191. The van der Waals surface area contributed by atoms with E-state index in [0.29, 0.717) is 0 Å². The molecule has 0 aliphatic rings. The molecular weight excluding hydrogens is 208 g/mol. The molecule has 0 fully saturated rings. The highest BCUT2D eigenvalue weighted by atomic mass is 15.1. The first-order valence-electron chi connectivity index (χ1n) is 5.87. The Morgan fingerprint density at radius 1 is 1.00 bits per heavy atom. The van der Waals surface area contributed by atoms with Crippen LogP contribution in [-0.4, -0.2) is 10.2 Å². The Bertz CT molecular complexity index is 507. The largest absolute Gasteiger partial charge is 0.158 e. The monoisotopic (exact) mass is 226 g/mol. The van der Waals surface area contributed by atoms with Gasteiger partial charge in [0.05, 0.1) is 11.9 Å². The van der Waals surface area contributed by atoms with Crippen molar-refractivity contribution in [2.45, 2.75) is 33.1 Å². The summed E-state index contributed by atoms with van der Waals surface area (Å²) in [5.74, 6) is 0. The SMILES string of the molecule is Cc1cnnc(-c2ccc(C(C)(C)C)cc2)c1. The lowest BCUT2D eigenvalue weighted by atomic mass is 9.86. The third-order valence-corrected chi connectivity index (χ3v) is 2.84. The van der Waals surface area contributed by atoms with E-state index in [1.165, 1.54) is 5.56 Å². The van der Waals surface area contributed by atoms with E-state index in [9.17, 15) is 0 Å². The summed E-state index contributed by atoms with van der Waals surface area (Å²) in [6, 6.07) is 10.6. The number of aromatic nitrogens is 2. The standard InChI is InChI=1S/C15H18N2/c1-11-9-14(17-16-10-11)12-5-7-13(8-6-12)15(2,3)4/h5-10H,1-4H3. The van der Waals surface area contributed by atoms with Gasteiger partial charge in [-0.3, -0.25) is 0 Å². The van der Waals surface area contributed by atoms with E-state index in [0.717, 1.165) is 16.8 Å². The molecule has 17 heavy (non-hydrogen) atoms. The molecule has 1 heterocycles. The van der Waals surface area contributed by atoms with Crippen molar-refractivity contribution in [2.75, 3.05) is 0 Å². The number of aryl methyl sites for hydroxylation is 1. The molecule has 2 heteroatoms. The molecule has 0 saturated carbocycles. The Balaban J connectivity index is 2.36. The average molecular weight is 226 g/mol. The van der Waals surface area contributed by atoms with Gasteiger partial charge in [-0.1, -0.05) is 45.0 Å². The lowest BCUT2D eigenvalue weighted by molar-refractivity contribution is 0.590. The normalized spacial score (nSPS) is 11.5. The van der Waals surface area contributed by atoms with Crippen molar-refractivity contribution < 1.29 is 0 Å². The average Bonchev–Trinajstić information content (AvgIpc) is 2.28. The third kappa shape index (κ3) is 2.70. The predicted molar refractivity (Wildman–Crippen MR) is 70.9 cm³/mol. The zero-order valence-corrected chi connectivity index (χ0v) is 10.9. The van der Waals surface area contributed by atoms with Crippen LogP contribution in [0.25, 0.3) is 11.3 Å². The molecule has 2 nitrogen and oxygen atoms in total. The summed E-state index contributed by atoms with van der Waals surface area (Å²) in [4.78, 5) is 0. The maximum atomic E-state index is 4.15. The van der Waals surface area contributed by atoms with Crippen LogP contribution in [0.3, 0.4) is 0 Å². The smallest absolute Gasteiger partial charge is 0.0932 e. The van der Waals surface area contributed by atoms with Gasteiger partial charge in [-0.05, 0) is 29.5 Å². The lowest BCUT2D eigenvalue weighted by Crippen LogP contribution is -2.10. The Labute approximate surface area is 103 Å². The van der Waals surface area contributed by atoms with Gasteiger partial charge in [0.15, 0.2) is 0 Å². The number of hydrogen-bond donors (Lipinski definition) is 0. The van der Waals surface area contributed by atoms with Gasteiger partial charge in [0.2, 0.25) is 0 Å². The summed E-state index contributed by atoms with van der Waals surface area (Å²) in [6.45, 7) is 8.68. The topological polar surface area (TPSA) is 25.8 Å². The van der Waals surface area contributed by atoms with Crippen molar-refractivity contribution in [2.24, 2.45) is 0 Å². The number of hydrogen-bond acceptors (Lipinski definition) is 2. The molecule has 0 aliphatic carbocycles. The summed E-state index contributed by atoms with van der Waals surface area (Å²) >= 11 is 0. The highest BCUT2D eigenvalue weighted by Crippen LogP contribution is 2.25. The highest BCUT2D eigenvalue weighted by molar-refractivity contribution is 5.59. The van der Waals surface area contributed by atoms with Gasteiger partial charge in [-0.2, -0.15) is 10.2 Å². The number of rotatable bonds is 1. The minimum Gasteiger partial charge on any atom is -0.158 e. The van der Waals surface area contributed by atoms with Gasteiger partial charge < -0.3 is 0 Å². The highest BCUT2D eigenvalue weighted by Gasteiger charge is 2.13. The molecule has 0 atom stereocenters. The maximum Gasteiger partial charge on any atom is 0.0932 e. The molecule has 1 aromatic heterocycles. The van der Waals surface area contributed by atoms with E-state index in [2.05, 4.69) is 61.3 Å². The molecule has 0 aliphatic heterocycles. The second-order valence-electron chi connectivity index (χ2n) is 5.45. The van der Waals surface area contributed by atoms with Crippen LogP contribution in [0.1, 0.15) is 31.9 Å². The zero-order valence-electron chi connectivity index (χ0n) is 10.9. The number of nitrogens with zero attached hydrogens (tertiary/aromatic N) is 2. The Hall–Kier alpha value is -1.70. The molecule has 0 radical (unpaired) electrons. The molecule has 0 spiro atoms. The summed E-state index contributed by atoms with van der Waals surface area (Å²) in [5.41, 5.74) is 4.72. The fourth-order valence-corrected chi connectivity index (χ4v) is 1.75. The van der Waals surface area contributed by atoms with Gasteiger partial charge in [-0.25, -0.2) is 0 Å². The van der Waals surface area contributed by atoms with Crippen molar-refractivity contribution in [3.8, 4) is 11.3 Å². The van der Waals surface area contributed by atoms with Crippen LogP contribution in [0.15, 0.2) is 36.5 Å². The Morgan fingerprint density at radius 3 is 2.18 bits per heavy atom. The molecule has 88 valence electrons. The van der Waals surface area contributed by atoms with Crippen molar-refractivity contribution >= 4 is 0 Å². The van der Waals surface area contributed by atoms with Gasteiger partial charge in [0.1, 0.15) is 0 Å². The molecule has 0 amide bonds. The van der Waals surface area contributed by atoms with Crippen molar-refractivity contribution in [3.63, 3.8) is 0 Å². The Kier molecular flexibility index (Phi) is 2.97. The van der Waals surface area contributed by atoms with E-state index in [1.54, 1.807) is 6.20 Å². The molecule has 2 rings (SSSR count). The van der Waals surface area contributed by atoms with Crippen LogP contribution in [0, 0.1) is 6.92 Å². The molecule has 0 bridgehead atoms. The minimum atomic E-state index is 0.191. The first-order chi connectivity index (χ1) is 7.97. The lowest BCUT2D eigenvalue weighted by Gasteiger charge is -2.19. The van der Waals surface area contributed by atoms with E-state index in [4.69, 9.17) is 0 Å². The molecule has 0 N–H and O–H groups in total. The summed E-state index contributed by atoms with van der Waals surface area (Å²) in [6.07, 6.45) is 1.77. The Morgan fingerprint density at radius 2 is 1.65 bits per heavy atom. The van der Waals surface area contributed by atoms with Crippen LogP contribution in [0.4, 0.5) is 0 Å². The van der Waals surface area contributed by atoms with Gasteiger partial charge >= 0.3 is 0 Å². The fourth-order valence-electron chi connectivity index (χ4n) is 1.75. The van der Waals surface area contributed by atoms with Crippen molar-refractivity contribution in [1.29, 1.82) is 0 Å². The second kappa shape index (κ2) is 4.28. The van der Waals surface area contributed by atoms with E-state index in [-0.39, 0.29) is 5.41 Å². The zero-order chi connectivity index (χ0) is 12.5. The number of benzene rings is 1. The predicted octanol–water partition coefficient (Wildman–Crippen LogP) is 3.75. The van der Waals surface area contributed by atoms with E-state index >= 15 is 0 Å². The van der Waals surface area contributed by atoms with E-state index < -0.39 is 0 Å². The van der Waals surface area contributed by atoms with Gasteiger partial charge in [-0.15, -0.1) is 0 Å². The summed E-state index contributed by atoms with van der Waals surface area (Å²) < 4.78 is 0. The van der Waals surface area contributed by atoms with Crippen LogP contribution in [0.2, 0.25) is 0 Å². The second-order valence-corrected chi connectivity index (χ2v) is 5.45. The maximum absolute atomic E-state index is 4.15. The van der Waals surface area contributed by atoms with Crippen LogP contribution in [-0.2, 0) is 5.41 Å². The first kappa shape index (κ1) is 11.8. The fraction of sp³-hybridized carbons (Fsp3) is 0.333. The molecule has 2 aromatic rings. The molecule has 0 saturated heterocycles. The molecule has 0 unspecified atom stereocenters. The van der Waals surface area contributed by atoms with Gasteiger partial charge in [0, 0.05) is 5.56 Å². The molecule has 1 aromatic carbocycles. The van der Waals surface area contributed by atoms with Gasteiger partial charge in [0.25, 0.3) is 0 Å². The van der Waals surface area contributed by atoms with Crippen LogP contribution in [0.5, 0.6) is 0 Å². The van der Waals surface area contributed by atoms with Crippen molar-refractivity contribution in [1.82, 2.24) is 10.2 Å². The van der Waals surface area contributed by atoms with E-state index in [1.807, 2.05) is 6.92 Å². The molecular formula is C15H18N2. The first-order valence-corrected chi connectivity index (χ1v) is 5.87. The third-order valence-electron chi connectivity index (χ3n) is 2.84. The summed E-state index contributed by atoms with van der Waals surface area (Å²) in [7, 11) is 0. The van der Waals surface area contributed by atoms with Crippen LogP contribution >= 0.6 is 0 Å². The quantitative estimate of drug-likeness (QED) is 0.740. The summed E-state index contributed by atoms with van der Waals surface area (Å²) in [5, 5.41) is 8.13. The van der Waals surface area contributed by atoms with Crippen molar-refractivity contribution in [3.05, 3.63) is 47.7 Å². The van der Waals surface area contributed by atoms with Crippen LogP contribution < -0.4 is 0 Å².